The fourth-order valence-electron chi connectivity index (χ4n) is 13.8. The van der Waals surface area contributed by atoms with Crippen LogP contribution in [0.4, 0.5) is 34.1 Å². The smallest absolute Gasteiger partial charge is 0.256 e. The van der Waals surface area contributed by atoms with Gasteiger partial charge in [-0.25, -0.2) is 0 Å². The van der Waals surface area contributed by atoms with Crippen LogP contribution < -0.4 is 52.1 Å². The van der Waals surface area contributed by atoms with Crippen LogP contribution >= 0.6 is 11.3 Å². The van der Waals surface area contributed by atoms with E-state index in [9.17, 15) is 0 Å². The zero-order valence-corrected chi connectivity index (χ0v) is 55.3. The van der Waals surface area contributed by atoms with Crippen molar-refractivity contribution in [2.75, 3.05) is 9.80 Å². The first kappa shape index (κ1) is 57.0. The van der Waals surface area contributed by atoms with Gasteiger partial charge in [0.25, 0.3) is 13.4 Å². The van der Waals surface area contributed by atoms with E-state index >= 15 is 0 Å². The van der Waals surface area contributed by atoms with Gasteiger partial charge >= 0.3 is 0 Å². The van der Waals surface area contributed by atoms with Crippen LogP contribution in [0.15, 0.2) is 168 Å². The largest absolute Gasteiger partial charge is 0.458 e. The lowest BCUT2D eigenvalue weighted by Gasteiger charge is -2.44. The molecule has 0 amide bonds. The van der Waals surface area contributed by atoms with E-state index in [1.54, 1.807) is 11.3 Å². The molecular formula is C80H82B2N2O2S. The van der Waals surface area contributed by atoms with E-state index in [0.717, 1.165) is 68.2 Å². The minimum Gasteiger partial charge on any atom is -0.458 e. The SMILES string of the molecule is CC(C)(C)c1cc(-c2cc3c4c(c2)N(c2cc(C(C)(C)C)cc(C(C)(C)C)c2)c2cc5c(cc2B4c2ccccc2O3)B2c3ccccc3Oc3cc(-c4cc(C(C)(C)C)cc(C(C)(C)C)c4)cc(c32)N5c2ccc3cscc3c2)cc(C(C)(C)C)c1. The van der Waals surface area contributed by atoms with E-state index in [2.05, 4.69) is 303 Å². The molecule has 87 heavy (non-hydrogen) atoms. The molecule has 0 radical (unpaired) electrons. The van der Waals surface area contributed by atoms with Crippen molar-refractivity contribution < 1.29 is 9.47 Å². The molecular weight excluding hydrogens is 1070 g/mol. The summed E-state index contributed by atoms with van der Waals surface area (Å²) in [5.74, 6) is 3.58. The molecule has 0 saturated heterocycles. The minimum atomic E-state index is -0.148. The summed E-state index contributed by atoms with van der Waals surface area (Å²) in [7, 11) is 0. The number of anilines is 6. The van der Waals surface area contributed by atoms with Gasteiger partial charge in [0.05, 0.1) is 0 Å². The predicted molar refractivity (Wildman–Crippen MR) is 377 cm³/mol. The van der Waals surface area contributed by atoms with E-state index in [0.29, 0.717) is 0 Å². The van der Waals surface area contributed by atoms with Crippen LogP contribution in [0.25, 0.3) is 33.0 Å². The van der Waals surface area contributed by atoms with Crippen molar-refractivity contribution in [3.8, 4) is 45.3 Å². The van der Waals surface area contributed by atoms with Crippen LogP contribution in [0, 0.1) is 0 Å². The average Bonchev–Trinajstić information content (AvgIpc) is 0.729. The quantitative estimate of drug-likeness (QED) is 0.164. The summed E-state index contributed by atoms with van der Waals surface area (Å²) in [6, 6.07) is 61.5. The molecule has 4 aliphatic rings. The average molecular weight is 1160 g/mol. The highest BCUT2D eigenvalue weighted by Crippen LogP contribution is 2.51. The van der Waals surface area contributed by atoms with Crippen LogP contribution in [-0.2, 0) is 32.5 Å². The molecule has 0 atom stereocenters. The predicted octanol–water partition coefficient (Wildman–Crippen LogP) is 18.8. The number of hydrogen-bond donors (Lipinski definition) is 0. The summed E-state index contributed by atoms with van der Waals surface area (Å²) in [5.41, 5.74) is 26.0. The molecule has 4 nitrogen and oxygen atoms in total. The van der Waals surface area contributed by atoms with Crippen molar-refractivity contribution in [2.24, 2.45) is 0 Å². The third-order valence-corrected chi connectivity index (χ3v) is 19.9. The molecule has 5 heterocycles. The maximum atomic E-state index is 7.36. The Labute approximate surface area is 522 Å². The Bertz CT molecular complexity index is 4410. The van der Waals surface area contributed by atoms with Gasteiger partial charge < -0.3 is 19.3 Å². The summed E-state index contributed by atoms with van der Waals surface area (Å²) in [5, 5.41) is 7.04. The van der Waals surface area contributed by atoms with Gasteiger partial charge in [-0.05, 0) is 209 Å². The van der Waals surface area contributed by atoms with Crippen molar-refractivity contribution in [2.45, 2.75) is 157 Å². The highest BCUT2D eigenvalue weighted by atomic mass is 32.1. The lowest BCUT2D eigenvalue weighted by atomic mass is 9.31. The first-order valence-corrected chi connectivity index (χ1v) is 32.4. The Hall–Kier alpha value is -7.73. The van der Waals surface area contributed by atoms with Crippen molar-refractivity contribution in [1.82, 2.24) is 0 Å². The highest BCUT2D eigenvalue weighted by molar-refractivity contribution is 7.09. The van der Waals surface area contributed by atoms with Crippen LogP contribution in [0.2, 0.25) is 0 Å². The second kappa shape index (κ2) is 19.4. The number of thiophene rings is 1. The Kier molecular flexibility index (Phi) is 12.7. The number of nitrogens with zero attached hydrogens (tertiary/aromatic N) is 2. The molecule has 0 saturated carbocycles. The van der Waals surface area contributed by atoms with Gasteiger partial charge in [-0.1, -0.05) is 216 Å². The van der Waals surface area contributed by atoms with E-state index in [4.69, 9.17) is 9.47 Å². The third kappa shape index (κ3) is 9.64. The molecule has 436 valence electrons. The van der Waals surface area contributed by atoms with Crippen molar-refractivity contribution in [1.29, 1.82) is 0 Å². The number of fused-ring (bicyclic) bond motifs is 9. The Morgan fingerprint density at radius 2 is 0.667 bits per heavy atom. The normalized spacial score (nSPS) is 14.4. The molecule has 14 rings (SSSR count). The molecule has 0 aliphatic carbocycles. The van der Waals surface area contributed by atoms with E-state index in [-0.39, 0.29) is 45.9 Å². The van der Waals surface area contributed by atoms with Crippen molar-refractivity contribution >= 4 is 102 Å². The molecule has 1 aromatic heterocycles. The Morgan fingerprint density at radius 3 is 1.08 bits per heavy atom. The van der Waals surface area contributed by atoms with Crippen LogP contribution in [-0.4, -0.2) is 13.4 Å². The van der Waals surface area contributed by atoms with Crippen LogP contribution in [0.1, 0.15) is 158 Å². The molecule has 9 aromatic carbocycles. The van der Waals surface area contributed by atoms with E-state index < -0.39 is 0 Å². The molecule has 0 spiro atoms. The number of hydrogen-bond acceptors (Lipinski definition) is 5. The molecule has 4 aliphatic heterocycles. The summed E-state index contributed by atoms with van der Waals surface area (Å²) in [6.45, 7) is 41.8. The first-order chi connectivity index (χ1) is 40.9. The van der Waals surface area contributed by atoms with Gasteiger partial charge in [0.2, 0.25) is 0 Å². The van der Waals surface area contributed by atoms with Gasteiger partial charge in [-0.2, -0.15) is 11.3 Å². The Morgan fingerprint density at radius 1 is 0.299 bits per heavy atom. The monoisotopic (exact) mass is 1160 g/mol. The van der Waals surface area contributed by atoms with Crippen LogP contribution in [0.3, 0.4) is 0 Å². The number of rotatable bonds is 4. The second-order valence-corrected chi connectivity index (χ2v) is 32.4. The van der Waals surface area contributed by atoms with Gasteiger partial charge in [-0.15, -0.1) is 0 Å². The highest BCUT2D eigenvalue weighted by Gasteiger charge is 2.48. The lowest BCUT2D eigenvalue weighted by molar-refractivity contribution is 0.487. The summed E-state index contributed by atoms with van der Waals surface area (Å²) in [6.07, 6.45) is 0. The number of benzene rings is 9. The number of ether oxygens (including phenoxy) is 2. The first-order valence-electron chi connectivity index (χ1n) is 31.5. The van der Waals surface area contributed by atoms with Gasteiger partial charge in [0.1, 0.15) is 23.0 Å². The maximum Gasteiger partial charge on any atom is 0.256 e. The summed E-state index contributed by atoms with van der Waals surface area (Å²) in [4.78, 5) is 5.23. The summed E-state index contributed by atoms with van der Waals surface area (Å²) < 4.78 is 14.7. The molecule has 7 heteroatoms. The molecule has 10 aromatic rings. The lowest BCUT2D eigenvalue weighted by Crippen LogP contribution is -2.63. The Balaban J connectivity index is 1.12. The molecule has 0 fully saturated rings. The van der Waals surface area contributed by atoms with Gasteiger partial charge in [0, 0.05) is 34.1 Å². The van der Waals surface area contributed by atoms with Gasteiger partial charge in [0.15, 0.2) is 0 Å². The zero-order chi connectivity index (χ0) is 61.4. The van der Waals surface area contributed by atoms with E-state index in [1.807, 2.05) is 0 Å². The minimum absolute atomic E-state index is 0.0676. The number of para-hydroxylation sites is 2. The molecule has 0 N–H and O–H groups in total. The van der Waals surface area contributed by atoms with E-state index in [1.165, 1.54) is 88.1 Å². The summed E-state index contributed by atoms with van der Waals surface area (Å²) >= 11 is 1.76. The second-order valence-electron chi connectivity index (χ2n) is 31.7. The van der Waals surface area contributed by atoms with Gasteiger partial charge in [-0.3, -0.25) is 0 Å². The van der Waals surface area contributed by atoms with Crippen LogP contribution in [0.5, 0.6) is 23.0 Å². The zero-order valence-electron chi connectivity index (χ0n) is 54.4. The standard InChI is InChI=1S/C80H82B2N2O2S/c1-75(2,3)53-29-48(30-54(38-53)76(4,5)6)50-34-67-73-71(36-50)85-69-25-21-19-23-61(69)81(73)63-43-64-66(44-65(63)83(67)59-28-27-47-45-87-46-52(47)33-59)84(60-41-57(79(13,14)15)40-58(42-60)80(16,17)18)68-35-51(37-72-74(68)82(64)62-24-20-22-26-70(62)86-72)49-31-55(77(7,8)9)39-56(32-49)78(10,11)12/h19-46H,1-18H3. The fourth-order valence-corrected chi connectivity index (χ4v) is 14.6. The fraction of sp³-hybridized carbons (Fsp3) is 0.300. The van der Waals surface area contributed by atoms with Crippen molar-refractivity contribution in [3.05, 3.63) is 202 Å². The third-order valence-electron chi connectivity index (χ3n) is 19.1. The molecule has 0 unspecified atom stereocenters. The molecule has 0 bridgehead atoms. The topological polar surface area (TPSA) is 24.9 Å². The van der Waals surface area contributed by atoms with Crippen molar-refractivity contribution in [3.63, 3.8) is 0 Å². The maximum absolute atomic E-state index is 7.36.